The molecule has 0 aliphatic heterocycles. The second kappa shape index (κ2) is 14.7. The van der Waals surface area contributed by atoms with Crippen molar-refractivity contribution in [1.82, 2.24) is 10.6 Å². The lowest BCUT2D eigenvalue weighted by Crippen LogP contribution is -2.34. The lowest BCUT2D eigenvalue weighted by Gasteiger charge is -2.11. The number of thiocarbonyl (C=S) groups is 1. The predicted octanol–water partition coefficient (Wildman–Crippen LogP) is 3.99. The molecule has 2 rings (SSSR count). The molecular formula is C25H31N3O4S. The van der Waals surface area contributed by atoms with Crippen molar-refractivity contribution < 1.29 is 19.1 Å². The number of ether oxygens (including phenoxy) is 1. The van der Waals surface area contributed by atoms with E-state index in [0.717, 1.165) is 19.3 Å². The summed E-state index contributed by atoms with van der Waals surface area (Å²) >= 11 is 5.17. The van der Waals surface area contributed by atoms with Gasteiger partial charge in [-0.05, 0) is 61.7 Å². The molecule has 8 heteroatoms. The van der Waals surface area contributed by atoms with E-state index in [4.69, 9.17) is 17.0 Å². The monoisotopic (exact) mass is 469 g/mol. The summed E-state index contributed by atoms with van der Waals surface area (Å²) in [6.07, 6.45) is 3.17. The van der Waals surface area contributed by atoms with E-state index in [1.165, 1.54) is 5.56 Å². The van der Waals surface area contributed by atoms with Crippen LogP contribution in [0, 0.1) is 0 Å². The largest absolute Gasteiger partial charge is 0.466 e. The third-order valence-corrected chi connectivity index (χ3v) is 4.88. The van der Waals surface area contributed by atoms with Crippen molar-refractivity contribution in [1.29, 1.82) is 0 Å². The van der Waals surface area contributed by atoms with Crippen molar-refractivity contribution in [3.8, 4) is 0 Å². The van der Waals surface area contributed by atoms with E-state index < -0.39 is 0 Å². The first-order chi connectivity index (χ1) is 16.0. The second-order valence-electron chi connectivity index (χ2n) is 7.50. The van der Waals surface area contributed by atoms with Gasteiger partial charge in [0.2, 0.25) is 5.91 Å². The van der Waals surface area contributed by atoms with E-state index in [1.807, 2.05) is 37.3 Å². The standard InChI is InChI=1S/C25H31N3O4S/c1-2-16-26-24(31)20-12-6-13-21(18-20)27-25(33)28-22(29)14-7-15-23(30)32-17-8-11-19-9-4-3-5-10-19/h3-6,9-10,12-13,18H,2,7-8,11,14-17H2,1H3,(H,26,31)(H2,27,28,29,33). The van der Waals surface area contributed by atoms with Gasteiger partial charge in [-0.2, -0.15) is 0 Å². The Hall–Kier alpha value is -3.26. The Balaban J connectivity index is 1.61. The SMILES string of the molecule is CCCNC(=O)c1cccc(NC(=S)NC(=O)CCCC(=O)OCCCc2ccccc2)c1. The van der Waals surface area contributed by atoms with Gasteiger partial charge in [-0.1, -0.05) is 43.3 Å². The minimum atomic E-state index is -0.310. The van der Waals surface area contributed by atoms with Crippen LogP contribution in [0.15, 0.2) is 54.6 Å². The molecule has 3 N–H and O–H groups in total. The van der Waals surface area contributed by atoms with Crippen LogP contribution in [0.4, 0.5) is 5.69 Å². The molecule has 0 saturated heterocycles. The summed E-state index contributed by atoms with van der Waals surface area (Å²) in [6.45, 7) is 2.95. The minimum Gasteiger partial charge on any atom is -0.466 e. The molecule has 0 aliphatic rings. The van der Waals surface area contributed by atoms with Gasteiger partial charge >= 0.3 is 5.97 Å². The van der Waals surface area contributed by atoms with Gasteiger partial charge in [0.25, 0.3) is 5.91 Å². The van der Waals surface area contributed by atoms with Crippen molar-refractivity contribution in [2.75, 3.05) is 18.5 Å². The fraction of sp³-hybridized carbons (Fsp3) is 0.360. The number of carbonyl (C=O) groups excluding carboxylic acids is 3. The molecule has 0 unspecified atom stereocenters. The average molecular weight is 470 g/mol. The molecule has 0 bridgehead atoms. The molecule has 2 aromatic rings. The van der Waals surface area contributed by atoms with Crippen LogP contribution in [0.1, 0.15) is 54.9 Å². The minimum absolute atomic E-state index is 0.134. The number of anilines is 1. The van der Waals surface area contributed by atoms with Gasteiger partial charge < -0.3 is 20.7 Å². The summed E-state index contributed by atoms with van der Waals surface area (Å²) in [5, 5.41) is 8.43. The first-order valence-corrected chi connectivity index (χ1v) is 11.6. The molecule has 0 saturated carbocycles. The average Bonchev–Trinajstić information content (AvgIpc) is 2.81. The third kappa shape index (κ3) is 10.7. The summed E-state index contributed by atoms with van der Waals surface area (Å²) < 4.78 is 5.22. The van der Waals surface area contributed by atoms with Crippen molar-refractivity contribution in [2.24, 2.45) is 0 Å². The van der Waals surface area contributed by atoms with Crippen molar-refractivity contribution in [2.45, 2.75) is 45.4 Å². The molecule has 0 heterocycles. The number of esters is 1. The number of carbonyl (C=O) groups is 3. The number of hydrogen-bond acceptors (Lipinski definition) is 5. The molecule has 2 aromatic carbocycles. The Kier molecular flexibility index (Phi) is 11.6. The molecule has 0 spiro atoms. The first kappa shape index (κ1) is 26.0. The summed E-state index contributed by atoms with van der Waals surface area (Å²) in [7, 11) is 0. The van der Waals surface area contributed by atoms with Gasteiger partial charge in [0.1, 0.15) is 0 Å². The smallest absolute Gasteiger partial charge is 0.305 e. The quantitative estimate of drug-likeness (QED) is 0.247. The molecule has 33 heavy (non-hydrogen) atoms. The molecule has 0 aliphatic carbocycles. The van der Waals surface area contributed by atoms with Crippen molar-refractivity contribution in [3.05, 3.63) is 65.7 Å². The summed E-state index contributed by atoms with van der Waals surface area (Å²) in [6, 6.07) is 16.9. The van der Waals surface area contributed by atoms with Crippen LogP contribution >= 0.6 is 12.2 Å². The van der Waals surface area contributed by atoms with E-state index in [0.29, 0.717) is 30.8 Å². The number of hydrogen-bond donors (Lipinski definition) is 3. The number of rotatable bonds is 12. The van der Waals surface area contributed by atoms with Crippen molar-refractivity contribution >= 4 is 40.8 Å². The highest BCUT2D eigenvalue weighted by atomic mass is 32.1. The molecule has 0 radical (unpaired) electrons. The van der Waals surface area contributed by atoms with Crippen LogP contribution < -0.4 is 16.0 Å². The second-order valence-corrected chi connectivity index (χ2v) is 7.91. The Morgan fingerprint density at radius 3 is 2.52 bits per heavy atom. The van der Waals surface area contributed by atoms with Gasteiger partial charge in [-0.3, -0.25) is 14.4 Å². The van der Waals surface area contributed by atoms with E-state index in [-0.39, 0.29) is 35.7 Å². The molecule has 0 fully saturated rings. The molecule has 7 nitrogen and oxygen atoms in total. The van der Waals surface area contributed by atoms with E-state index >= 15 is 0 Å². The van der Waals surface area contributed by atoms with Gasteiger partial charge in [0.05, 0.1) is 6.61 Å². The first-order valence-electron chi connectivity index (χ1n) is 11.2. The predicted molar refractivity (Wildman–Crippen MR) is 133 cm³/mol. The highest BCUT2D eigenvalue weighted by Gasteiger charge is 2.10. The highest BCUT2D eigenvalue weighted by molar-refractivity contribution is 7.80. The Labute approximate surface area is 200 Å². The van der Waals surface area contributed by atoms with Crippen LogP contribution in [0.3, 0.4) is 0 Å². The third-order valence-electron chi connectivity index (χ3n) is 4.67. The van der Waals surface area contributed by atoms with Crippen LogP contribution in [-0.2, 0) is 20.7 Å². The van der Waals surface area contributed by atoms with Crippen molar-refractivity contribution in [3.63, 3.8) is 0 Å². The maximum Gasteiger partial charge on any atom is 0.305 e. The van der Waals surface area contributed by atoms with Gasteiger partial charge in [0, 0.05) is 30.6 Å². The zero-order valence-electron chi connectivity index (χ0n) is 18.9. The molecule has 2 amide bonds. The van der Waals surface area contributed by atoms with Gasteiger partial charge in [0.15, 0.2) is 5.11 Å². The van der Waals surface area contributed by atoms with Gasteiger partial charge in [-0.25, -0.2) is 0 Å². The number of aryl methyl sites for hydroxylation is 1. The lowest BCUT2D eigenvalue weighted by atomic mass is 10.1. The molecule has 176 valence electrons. The Morgan fingerprint density at radius 2 is 1.76 bits per heavy atom. The number of amides is 2. The summed E-state index contributed by atoms with van der Waals surface area (Å²) in [5.74, 6) is -0.765. The maximum absolute atomic E-state index is 12.1. The fourth-order valence-corrected chi connectivity index (χ4v) is 3.23. The van der Waals surface area contributed by atoms with Gasteiger partial charge in [-0.15, -0.1) is 0 Å². The zero-order chi connectivity index (χ0) is 23.9. The van der Waals surface area contributed by atoms with Crippen LogP contribution in [0.5, 0.6) is 0 Å². The van der Waals surface area contributed by atoms with Crippen LogP contribution in [0.25, 0.3) is 0 Å². The van der Waals surface area contributed by atoms with E-state index in [2.05, 4.69) is 16.0 Å². The van der Waals surface area contributed by atoms with Crippen LogP contribution in [0.2, 0.25) is 0 Å². The Morgan fingerprint density at radius 1 is 0.970 bits per heavy atom. The highest BCUT2D eigenvalue weighted by Crippen LogP contribution is 2.11. The normalized spacial score (nSPS) is 10.2. The fourth-order valence-electron chi connectivity index (χ4n) is 3.00. The topological polar surface area (TPSA) is 96.5 Å². The summed E-state index contributed by atoms with van der Waals surface area (Å²) in [5.41, 5.74) is 2.31. The maximum atomic E-state index is 12.1. The zero-order valence-corrected chi connectivity index (χ0v) is 19.7. The summed E-state index contributed by atoms with van der Waals surface area (Å²) in [4.78, 5) is 36.0. The lowest BCUT2D eigenvalue weighted by molar-refractivity contribution is -0.143. The van der Waals surface area contributed by atoms with E-state index in [9.17, 15) is 14.4 Å². The molecule has 0 atom stereocenters. The number of benzene rings is 2. The van der Waals surface area contributed by atoms with E-state index in [1.54, 1.807) is 24.3 Å². The molecular weight excluding hydrogens is 438 g/mol. The Bertz CT molecular complexity index is 934. The van der Waals surface area contributed by atoms with Crippen LogP contribution in [-0.4, -0.2) is 36.0 Å². The molecule has 0 aromatic heterocycles. The number of nitrogens with one attached hydrogen (secondary N) is 3.